The Morgan fingerprint density at radius 2 is 1.83 bits per heavy atom. The highest BCUT2D eigenvalue weighted by Crippen LogP contribution is 2.34. The fourth-order valence-corrected chi connectivity index (χ4v) is 3.97. The smallest absolute Gasteiger partial charge is 0.183 e. The Labute approximate surface area is 174 Å². The van der Waals surface area contributed by atoms with Crippen LogP contribution in [0.5, 0.6) is 11.5 Å². The molecule has 30 heavy (non-hydrogen) atoms. The molecule has 7 heteroatoms. The van der Waals surface area contributed by atoms with Crippen molar-refractivity contribution < 1.29 is 9.84 Å². The van der Waals surface area contributed by atoms with Crippen molar-refractivity contribution in [2.24, 2.45) is 5.92 Å². The van der Waals surface area contributed by atoms with E-state index in [1.807, 2.05) is 54.6 Å². The van der Waals surface area contributed by atoms with E-state index < -0.39 is 0 Å². The highest BCUT2D eigenvalue weighted by atomic mass is 16.5. The van der Waals surface area contributed by atoms with Crippen LogP contribution in [0.15, 0.2) is 60.9 Å². The van der Waals surface area contributed by atoms with Crippen molar-refractivity contribution in [2.75, 3.05) is 5.32 Å². The number of aliphatic hydroxyl groups excluding tert-OH is 1. The molecule has 0 spiro atoms. The number of H-pyrrole nitrogens is 1. The summed E-state index contributed by atoms with van der Waals surface area (Å²) >= 11 is 0. The number of rotatable bonds is 5. The van der Waals surface area contributed by atoms with Gasteiger partial charge in [-0.25, -0.2) is 15.0 Å². The molecule has 1 fully saturated rings. The molecule has 4 aromatic rings. The predicted molar refractivity (Wildman–Crippen MR) is 115 cm³/mol. The molecule has 0 bridgehead atoms. The summed E-state index contributed by atoms with van der Waals surface area (Å²) in [6.07, 6.45) is 2.85. The van der Waals surface area contributed by atoms with Gasteiger partial charge in [-0.2, -0.15) is 0 Å². The lowest BCUT2D eigenvalue weighted by Gasteiger charge is -2.12. The summed E-state index contributed by atoms with van der Waals surface area (Å²) < 4.78 is 6.08. The second-order valence-corrected chi connectivity index (χ2v) is 7.77. The maximum atomic E-state index is 10.1. The molecule has 3 atom stereocenters. The lowest BCUT2D eigenvalue weighted by molar-refractivity contribution is 0.141. The number of aliphatic hydroxyl groups is 1. The fourth-order valence-electron chi connectivity index (χ4n) is 3.97. The maximum Gasteiger partial charge on any atom is 0.183 e. The average molecular weight is 401 g/mol. The number of hydrogen-bond acceptors (Lipinski definition) is 6. The zero-order chi connectivity index (χ0) is 20.5. The Hall–Kier alpha value is -3.45. The molecule has 0 unspecified atom stereocenters. The third kappa shape index (κ3) is 3.59. The summed E-state index contributed by atoms with van der Waals surface area (Å²) in [7, 11) is 0. The van der Waals surface area contributed by atoms with Gasteiger partial charge in [0.15, 0.2) is 11.5 Å². The predicted octanol–water partition coefficient (Wildman–Crippen LogP) is 4.38. The van der Waals surface area contributed by atoms with Gasteiger partial charge in [0.05, 0.1) is 11.7 Å². The van der Waals surface area contributed by atoms with Crippen molar-refractivity contribution in [1.82, 2.24) is 19.9 Å². The SMILES string of the molecule is C[C@H]1C[C@@H](Nc2ncnc3nc(-c4ccccc4Oc4ccccc4)[nH]c23)C[C@@H]1O. The third-order valence-electron chi connectivity index (χ3n) is 5.58. The van der Waals surface area contributed by atoms with Crippen LogP contribution in [0.4, 0.5) is 5.82 Å². The number of para-hydroxylation sites is 2. The second kappa shape index (κ2) is 7.76. The van der Waals surface area contributed by atoms with Gasteiger partial charge < -0.3 is 20.1 Å². The minimum atomic E-state index is -0.279. The summed E-state index contributed by atoms with van der Waals surface area (Å²) in [5.41, 5.74) is 2.18. The highest BCUT2D eigenvalue weighted by molar-refractivity contribution is 5.86. The average Bonchev–Trinajstić information content (AvgIpc) is 3.33. The van der Waals surface area contributed by atoms with Crippen molar-refractivity contribution in [2.45, 2.75) is 31.9 Å². The number of aromatic amines is 1. The normalized spacial score (nSPS) is 21.1. The first kappa shape index (κ1) is 18.6. The van der Waals surface area contributed by atoms with Gasteiger partial charge in [0, 0.05) is 6.04 Å². The van der Waals surface area contributed by atoms with Gasteiger partial charge in [0.1, 0.15) is 29.2 Å². The Kier molecular flexibility index (Phi) is 4.80. The van der Waals surface area contributed by atoms with E-state index in [1.165, 1.54) is 6.33 Å². The monoisotopic (exact) mass is 401 g/mol. The van der Waals surface area contributed by atoms with E-state index in [1.54, 1.807) is 0 Å². The Morgan fingerprint density at radius 3 is 2.63 bits per heavy atom. The summed E-state index contributed by atoms with van der Waals surface area (Å²) in [6, 6.07) is 17.6. The van der Waals surface area contributed by atoms with E-state index in [0.29, 0.717) is 29.5 Å². The summed E-state index contributed by atoms with van der Waals surface area (Å²) in [5, 5.41) is 13.5. The molecule has 7 nitrogen and oxygen atoms in total. The number of ether oxygens (including phenoxy) is 1. The van der Waals surface area contributed by atoms with Gasteiger partial charge in [-0.1, -0.05) is 37.3 Å². The number of nitrogens with zero attached hydrogens (tertiary/aromatic N) is 3. The van der Waals surface area contributed by atoms with Gasteiger partial charge in [-0.3, -0.25) is 0 Å². The van der Waals surface area contributed by atoms with Gasteiger partial charge in [0.25, 0.3) is 0 Å². The molecular weight excluding hydrogens is 378 g/mol. The Morgan fingerprint density at radius 1 is 1.03 bits per heavy atom. The molecule has 3 N–H and O–H groups in total. The molecule has 0 aliphatic heterocycles. The maximum absolute atomic E-state index is 10.1. The first-order chi connectivity index (χ1) is 14.7. The van der Waals surface area contributed by atoms with E-state index in [0.717, 1.165) is 23.3 Å². The lowest BCUT2D eigenvalue weighted by atomic mass is 10.1. The van der Waals surface area contributed by atoms with Crippen LogP contribution in [0.2, 0.25) is 0 Å². The highest BCUT2D eigenvalue weighted by Gasteiger charge is 2.30. The lowest BCUT2D eigenvalue weighted by Crippen LogP contribution is -2.17. The molecule has 1 aliphatic rings. The number of hydrogen-bond donors (Lipinski definition) is 3. The second-order valence-electron chi connectivity index (χ2n) is 7.77. The van der Waals surface area contributed by atoms with Crippen molar-refractivity contribution in [1.29, 1.82) is 0 Å². The van der Waals surface area contributed by atoms with E-state index in [-0.39, 0.29) is 18.1 Å². The summed E-state index contributed by atoms with van der Waals surface area (Å²) in [5.74, 6) is 3.11. The molecule has 5 rings (SSSR count). The van der Waals surface area contributed by atoms with Crippen LogP contribution in [-0.2, 0) is 0 Å². The zero-order valence-corrected chi connectivity index (χ0v) is 16.6. The first-order valence-corrected chi connectivity index (χ1v) is 10.1. The number of anilines is 1. The van der Waals surface area contributed by atoms with Gasteiger partial charge in [0.2, 0.25) is 0 Å². The summed E-state index contributed by atoms with van der Waals surface area (Å²) in [6.45, 7) is 2.07. The Balaban J connectivity index is 1.48. The number of aromatic nitrogens is 4. The number of nitrogens with one attached hydrogen (secondary N) is 2. The van der Waals surface area contributed by atoms with Crippen LogP contribution in [0.3, 0.4) is 0 Å². The molecule has 0 saturated heterocycles. The van der Waals surface area contributed by atoms with Crippen molar-refractivity contribution in [3.05, 3.63) is 60.9 Å². The van der Waals surface area contributed by atoms with Gasteiger partial charge >= 0.3 is 0 Å². The van der Waals surface area contributed by atoms with Crippen molar-refractivity contribution in [3.63, 3.8) is 0 Å². The number of benzene rings is 2. The van der Waals surface area contributed by atoms with Crippen molar-refractivity contribution in [3.8, 4) is 22.9 Å². The van der Waals surface area contributed by atoms with Crippen molar-refractivity contribution >= 4 is 17.0 Å². The zero-order valence-electron chi connectivity index (χ0n) is 16.6. The number of fused-ring (bicyclic) bond motifs is 1. The van der Waals surface area contributed by atoms with E-state index in [4.69, 9.17) is 4.74 Å². The largest absolute Gasteiger partial charge is 0.457 e. The van der Waals surface area contributed by atoms with E-state index in [9.17, 15) is 5.11 Å². The Bertz CT molecular complexity index is 1150. The third-order valence-corrected chi connectivity index (χ3v) is 5.58. The van der Waals surface area contributed by atoms with Gasteiger partial charge in [-0.15, -0.1) is 0 Å². The molecular formula is C23H23N5O2. The van der Waals surface area contributed by atoms with E-state index in [2.05, 4.69) is 32.2 Å². The first-order valence-electron chi connectivity index (χ1n) is 10.1. The van der Waals surface area contributed by atoms with Crippen LogP contribution >= 0.6 is 0 Å². The molecule has 1 saturated carbocycles. The van der Waals surface area contributed by atoms with Crippen LogP contribution in [0.25, 0.3) is 22.6 Å². The molecule has 0 amide bonds. The quantitative estimate of drug-likeness (QED) is 0.459. The molecule has 2 heterocycles. The molecule has 152 valence electrons. The van der Waals surface area contributed by atoms with Crippen LogP contribution in [-0.4, -0.2) is 37.2 Å². The standard InChI is InChI=1S/C23H23N5O2/c1-14-11-15(12-18(14)29)26-22-20-23(25-13-24-22)28-21(27-20)17-9-5-6-10-19(17)30-16-7-3-2-4-8-16/h2-10,13-15,18,29H,11-12H2,1H3,(H2,24,25,26,27,28)/t14-,15+,18-/m0/s1. The summed E-state index contributed by atoms with van der Waals surface area (Å²) in [4.78, 5) is 16.8. The fraction of sp³-hybridized carbons (Fsp3) is 0.261. The topological polar surface area (TPSA) is 96.0 Å². The van der Waals surface area contributed by atoms with E-state index >= 15 is 0 Å². The minimum Gasteiger partial charge on any atom is -0.457 e. The molecule has 0 radical (unpaired) electrons. The molecule has 1 aliphatic carbocycles. The van der Waals surface area contributed by atoms with Crippen LogP contribution in [0, 0.1) is 5.92 Å². The number of imidazole rings is 1. The van der Waals surface area contributed by atoms with Crippen LogP contribution in [0.1, 0.15) is 19.8 Å². The molecule has 2 aromatic heterocycles. The molecule has 2 aromatic carbocycles. The minimum absolute atomic E-state index is 0.175. The van der Waals surface area contributed by atoms with Crippen LogP contribution < -0.4 is 10.1 Å². The van der Waals surface area contributed by atoms with Gasteiger partial charge in [-0.05, 0) is 43.0 Å².